The van der Waals surface area contributed by atoms with E-state index in [0.29, 0.717) is 12.8 Å². The SMILES string of the molecule is O=C(O)CCCc1csc(-c2cccnc2)n1. The van der Waals surface area contributed by atoms with Crippen molar-refractivity contribution in [3.63, 3.8) is 0 Å². The Hall–Kier alpha value is -1.75. The number of carboxylic acid groups (broad SMARTS) is 1. The number of aromatic nitrogens is 2. The first kappa shape index (κ1) is 11.7. The van der Waals surface area contributed by atoms with E-state index in [4.69, 9.17) is 5.11 Å². The molecule has 4 nitrogen and oxygen atoms in total. The molecule has 0 saturated heterocycles. The predicted octanol–water partition coefficient (Wildman–Crippen LogP) is 2.61. The van der Waals surface area contributed by atoms with Crippen molar-refractivity contribution < 1.29 is 9.90 Å². The summed E-state index contributed by atoms with van der Waals surface area (Å²) in [5.74, 6) is -0.757. The molecule has 2 rings (SSSR count). The number of rotatable bonds is 5. The Bertz CT molecular complexity index is 496. The van der Waals surface area contributed by atoms with Gasteiger partial charge in [-0.15, -0.1) is 11.3 Å². The molecular formula is C12H12N2O2S. The number of hydrogen-bond donors (Lipinski definition) is 1. The van der Waals surface area contributed by atoms with E-state index in [2.05, 4.69) is 9.97 Å². The maximum atomic E-state index is 10.4. The van der Waals surface area contributed by atoms with Crippen molar-refractivity contribution in [3.05, 3.63) is 35.6 Å². The van der Waals surface area contributed by atoms with Gasteiger partial charge in [-0.25, -0.2) is 4.98 Å². The molecule has 0 saturated carbocycles. The average Bonchev–Trinajstić information content (AvgIpc) is 2.78. The molecule has 0 radical (unpaired) electrons. The van der Waals surface area contributed by atoms with Gasteiger partial charge in [0.15, 0.2) is 0 Å². The summed E-state index contributed by atoms with van der Waals surface area (Å²) >= 11 is 1.56. The van der Waals surface area contributed by atoms with Gasteiger partial charge < -0.3 is 5.11 Å². The first-order valence-corrected chi connectivity index (χ1v) is 6.20. The van der Waals surface area contributed by atoms with Crippen molar-refractivity contribution >= 4 is 17.3 Å². The molecule has 2 aromatic rings. The standard InChI is InChI=1S/C12H12N2O2S/c15-11(16)5-1-4-10-8-17-12(14-10)9-3-2-6-13-7-9/h2-3,6-8H,1,4-5H2,(H,15,16). The number of nitrogens with zero attached hydrogens (tertiary/aromatic N) is 2. The predicted molar refractivity (Wildman–Crippen MR) is 65.9 cm³/mol. The molecule has 0 aromatic carbocycles. The fraction of sp³-hybridized carbons (Fsp3) is 0.250. The molecule has 0 aliphatic rings. The second kappa shape index (κ2) is 5.54. The molecule has 0 unspecified atom stereocenters. The molecular weight excluding hydrogens is 236 g/mol. The zero-order valence-electron chi connectivity index (χ0n) is 9.17. The highest BCUT2D eigenvalue weighted by Crippen LogP contribution is 2.23. The largest absolute Gasteiger partial charge is 0.481 e. The molecule has 0 atom stereocenters. The summed E-state index contributed by atoms with van der Waals surface area (Å²) in [5.41, 5.74) is 1.96. The van der Waals surface area contributed by atoms with E-state index in [-0.39, 0.29) is 6.42 Å². The summed E-state index contributed by atoms with van der Waals surface area (Å²) in [7, 11) is 0. The second-order valence-corrected chi connectivity index (χ2v) is 4.49. The zero-order chi connectivity index (χ0) is 12.1. The fourth-order valence-corrected chi connectivity index (χ4v) is 2.31. The van der Waals surface area contributed by atoms with Gasteiger partial charge in [-0.2, -0.15) is 0 Å². The average molecular weight is 248 g/mol. The maximum Gasteiger partial charge on any atom is 0.303 e. The van der Waals surface area contributed by atoms with Crippen molar-refractivity contribution in [1.29, 1.82) is 0 Å². The molecule has 0 amide bonds. The third-order valence-corrected chi connectivity index (χ3v) is 3.22. The monoisotopic (exact) mass is 248 g/mol. The highest BCUT2D eigenvalue weighted by molar-refractivity contribution is 7.13. The maximum absolute atomic E-state index is 10.4. The molecule has 0 bridgehead atoms. The molecule has 88 valence electrons. The van der Waals surface area contributed by atoms with Crippen molar-refractivity contribution in [3.8, 4) is 10.6 Å². The van der Waals surface area contributed by atoms with Crippen molar-refractivity contribution in [2.24, 2.45) is 0 Å². The highest BCUT2D eigenvalue weighted by Gasteiger charge is 2.05. The summed E-state index contributed by atoms with van der Waals surface area (Å²) < 4.78 is 0. The number of pyridine rings is 1. The highest BCUT2D eigenvalue weighted by atomic mass is 32.1. The van der Waals surface area contributed by atoms with Crippen LogP contribution in [0.4, 0.5) is 0 Å². The van der Waals surface area contributed by atoms with Crippen LogP contribution in [0, 0.1) is 0 Å². The molecule has 0 spiro atoms. The zero-order valence-corrected chi connectivity index (χ0v) is 9.98. The lowest BCUT2D eigenvalue weighted by Crippen LogP contribution is -1.95. The summed E-state index contributed by atoms with van der Waals surface area (Å²) in [6, 6.07) is 3.84. The van der Waals surface area contributed by atoms with Crippen LogP contribution in [0.5, 0.6) is 0 Å². The Balaban J connectivity index is 1.99. The molecule has 0 fully saturated rings. The van der Waals surface area contributed by atoms with Gasteiger partial charge in [0.1, 0.15) is 5.01 Å². The smallest absolute Gasteiger partial charge is 0.303 e. The lowest BCUT2D eigenvalue weighted by atomic mass is 10.2. The Kier molecular flexibility index (Phi) is 3.82. The summed E-state index contributed by atoms with van der Waals surface area (Å²) in [5, 5.41) is 11.5. The molecule has 5 heteroatoms. The van der Waals surface area contributed by atoms with Crippen molar-refractivity contribution in [1.82, 2.24) is 9.97 Å². The van der Waals surface area contributed by atoms with Gasteiger partial charge in [-0.05, 0) is 25.0 Å². The van der Waals surface area contributed by atoms with Crippen LogP contribution in [0.25, 0.3) is 10.6 Å². The van der Waals surface area contributed by atoms with Gasteiger partial charge in [-0.3, -0.25) is 9.78 Å². The van der Waals surface area contributed by atoms with E-state index < -0.39 is 5.97 Å². The van der Waals surface area contributed by atoms with Crippen LogP contribution < -0.4 is 0 Å². The number of aryl methyl sites for hydroxylation is 1. The number of hydrogen-bond acceptors (Lipinski definition) is 4. The van der Waals surface area contributed by atoms with Crippen LogP contribution in [0.2, 0.25) is 0 Å². The van der Waals surface area contributed by atoms with E-state index >= 15 is 0 Å². The lowest BCUT2D eigenvalue weighted by Gasteiger charge is -1.94. The summed E-state index contributed by atoms with van der Waals surface area (Å²) in [6.07, 6.45) is 5.04. The molecule has 17 heavy (non-hydrogen) atoms. The van der Waals surface area contributed by atoms with E-state index in [1.54, 1.807) is 23.7 Å². The lowest BCUT2D eigenvalue weighted by molar-refractivity contribution is -0.137. The molecule has 2 aromatic heterocycles. The quantitative estimate of drug-likeness (QED) is 0.883. The second-order valence-electron chi connectivity index (χ2n) is 3.63. The first-order chi connectivity index (χ1) is 8.25. The first-order valence-electron chi connectivity index (χ1n) is 5.32. The number of carbonyl (C=O) groups is 1. The fourth-order valence-electron chi connectivity index (χ4n) is 1.46. The normalized spacial score (nSPS) is 10.4. The molecule has 0 aliphatic heterocycles. The van der Waals surface area contributed by atoms with Crippen LogP contribution in [0.15, 0.2) is 29.9 Å². The van der Waals surface area contributed by atoms with Gasteiger partial charge >= 0.3 is 5.97 Å². The Morgan fingerprint density at radius 2 is 2.35 bits per heavy atom. The van der Waals surface area contributed by atoms with Gasteiger partial charge in [0.05, 0.1) is 5.69 Å². The topological polar surface area (TPSA) is 63.1 Å². The van der Waals surface area contributed by atoms with Gasteiger partial charge in [0.25, 0.3) is 0 Å². The van der Waals surface area contributed by atoms with Gasteiger partial charge in [0, 0.05) is 29.8 Å². The van der Waals surface area contributed by atoms with E-state index in [1.165, 1.54) is 0 Å². The third-order valence-electron chi connectivity index (χ3n) is 2.28. The van der Waals surface area contributed by atoms with Crippen LogP contribution >= 0.6 is 11.3 Å². The Morgan fingerprint density at radius 3 is 3.06 bits per heavy atom. The Labute approximate surface area is 103 Å². The summed E-state index contributed by atoms with van der Waals surface area (Å²) in [6.45, 7) is 0. The number of carboxylic acids is 1. The van der Waals surface area contributed by atoms with Gasteiger partial charge in [-0.1, -0.05) is 0 Å². The van der Waals surface area contributed by atoms with Crippen molar-refractivity contribution in [2.75, 3.05) is 0 Å². The van der Waals surface area contributed by atoms with Crippen LogP contribution in [-0.4, -0.2) is 21.0 Å². The minimum absolute atomic E-state index is 0.194. The third kappa shape index (κ3) is 3.35. The molecule has 1 N–H and O–H groups in total. The van der Waals surface area contributed by atoms with Crippen LogP contribution in [-0.2, 0) is 11.2 Å². The number of aliphatic carboxylic acids is 1. The van der Waals surface area contributed by atoms with Crippen molar-refractivity contribution in [2.45, 2.75) is 19.3 Å². The summed E-state index contributed by atoms with van der Waals surface area (Å²) in [4.78, 5) is 18.9. The van der Waals surface area contributed by atoms with E-state index in [0.717, 1.165) is 16.3 Å². The molecule has 0 aliphatic carbocycles. The molecule has 2 heterocycles. The van der Waals surface area contributed by atoms with E-state index in [1.807, 2.05) is 17.5 Å². The Morgan fingerprint density at radius 1 is 1.47 bits per heavy atom. The van der Waals surface area contributed by atoms with E-state index in [9.17, 15) is 4.79 Å². The minimum Gasteiger partial charge on any atom is -0.481 e. The van der Waals surface area contributed by atoms with Crippen LogP contribution in [0.3, 0.4) is 0 Å². The minimum atomic E-state index is -0.757. The van der Waals surface area contributed by atoms with Crippen LogP contribution in [0.1, 0.15) is 18.5 Å². The number of thiazole rings is 1. The van der Waals surface area contributed by atoms with Gasteiger partial charge in [0.2, 0.25) is 0 Å².